The third-order valence-electron chi connectivity index (χ3n) is 14.6. The Bertz CT molecular complexity index is 2830. The summed E-state index contributed by atoms with van der Waals surface area (Å²) in [6, 6.07) is 6.33. The number of alkyl halides is 1. The number of amides is 6. The average molecular weight is 1170 g/mol. The van der Waals surface area contributed by atoms with Gasteiger partial charge in [0.1, 0.15) is 42.0 Å². The topological polar surface area (TPSA) is 304 Å². The summed E-state index contributed by atoms with van der Waals surface area (Å²) < 4.78 is 58.9. The second kappa shape index (κ2) is 25.2. The number of Topliss-reactive ketones (excluding diaryl/α,β-unsaturated/α-hetero) is 1. The van der Waals surface area contributed by atoms with Crippen molar-refractivity contribution in [3.8, 4) is 17.2 Å². The largest absolute Gasteiger partial charge is 0.506 e. The summed E-state index contributed by atoms with van der Waals surface area (Å²) in [5.41, 5.74) is 0.805. The smallest absolute Gasteiger partial charge is 0.407 e. The van der Waals surface area contributed by atoms with Gasteiger partial charge in [-0.3, -0.25) is 33.7 Å². The first kappa shape index (κ1) is 59.2. The number of alkyl carbamates (subject to hydrolysis) is 1. The number of phenols is 1. The first-order chi connectivity index (χ1) is 37.8. The Morgan fingerprint density at radius 2 is 1.56 bits per heavy atom. The second-order valence-electron chi connectivity index (χ2n) is 19.7. The number of aryl methyl sites for hydroxylation is 1. The predicted molar refractivity (Wildman–Crippen MR) is 282 cm³/mol. The number of nitrogens with one attached hydrogen (secondary N) is 4. The minimum atomic E-state index is -2.12. The SMILES string of the molecule is [B]C1CC(=O)N(CCOCCOCCOCCOCCC(=O)N[C@@H](C)C(=O)N[C@@H](C)C(=O)Nc2ccc(COC(=O)NCC34OC5c6c(C)cc7c(OC)c8c(c(O)c7c6O[C@](OC)(C5O3)[C@@]4(O)CBr)C(=O)CCC8)cc2)C1=O. The molecule has 79 heavy (non-hydrogen) atoms. The van der Waals surface area contributed by atoms with E-state index in [9.17, 15) is 43.8 Å². The van der Waals surface area contributed by atoms with Crippen LogP contribution < -0.4 is 30.7 Å². The molecule has 24 nitrogen and oxygen atoms in total. The molecule has 6 N–H and O–H groups in total. The molecule has 6 amide bonds. The van der Waals surface area contributed by atoms with Gasteiger partial charge in [0.05, 0.1) is 91.9 Å². The van der Waals surface area contributed by atoms with Crippen molar-refractivity contribution in [1.29, 1.82) is 0 Å². The minimum Gasteiger partial charge on any atom is -0.506 e. The molecule has 3 saturated heterocycles. The number of ketones is 1. The van der Waals surface area contributed by atoms with Gasteiger partial charge in [0.15, 0.2) is 17.5 Å². The van der Waals surface area contributed by atoms with Crippen molar-refractivity contribution in [3.63, 3.8) is 0 Å². The highest BCUT2D eigenvalue weighted by atomic mass is 79.9. The fraction of sp³-hybridized carbons (Fsp3) is 0.566. The third-order valence-corrected chi connectivity index (χ3v) is 15.4. The standard InChI is InChI=1S/C53H65BBrN5O19/c1-28-23-34-41(42(64)40-33(43(34)70-4)7-6-8-36(40)61)44-39(28)45-46-53(71-5,78-44)51(69,26-55)52(77-45,79-46)27-56-50(68)76-25-31-9-11-32(12-10-31)59-48(66)30(3)58-47(65)29(2)57-37(62)13-15-72-17-19-74-21-22-75-20-18-73-16-14-60-38(63)24-35(54)49(60)67/h9-12,23,29-30,35,45-46,64,69H,6-8,13-22,24-27H2,1-5H3,(H,56,68)(H,57,62)(H,58,65)(H,59,66)/t29-,30-,35?,45?,46?,51+,52?,53+/m0/s1. The first-order valence-electron chi connectivity index (χ1n) is 25.9. The van der Waals surface area contributed by atoms with Gasteiger partial charge in [-0.2, -0.15) is 0 Å². The molecule has 8 atom stereocenters. The quantitative estimate of drug-likeness (QED) is 0.0276. The van der Waals surface area contributed by atoms with Gasteiger partial charge >= 0.3 is 6.09 Å². The number of fused-ring (bicyclic) bond motifs is 6. The van der Waals surface area contributed by atoms with Crippen molar-refractivity contribution in [3.05, 3.63) is 58.1 Å². The molecule has 0 saturated carbocycles. The Hall–Kier alpha value is -5.97. The molecule has 2 radical (unpaired) electrons. The Labute approximate surface area is 464 Å². The highest BCUT2D eigenvalue weighted by molar-refractivity contribution is 9.09. The van der Waals surface area contributed by atoms with E-state index >= 15 is 0 Å². The number of nitrogens with zero attached hydrogens (tertiary/aromatic N) is 1. The number of ether oxygens (including phenoxy) is 10. The summed E-state index contributed by atoms with van der Waals surface area (Å²) >= 11 is 3.41. The average Bonchev–Trinajstić information content (AvgIpc) is 3.48. The number of carbonyl (C=O) groups excluding carboxylic acids is 7. The zero-order chi connectivity index (χ0) is 56.8. The van der Waals surface area contributed by atoms with Crippen LogP contribution in [0.1, 0.15) is 78.2 Å². The van der Waals surface area contributed by atoms with Crippen LogP contribution in [0.4, 0.5) is 10.5 Å². The zero-order valence-electron chi connectivity index (χ0n) is 44.5. The number of methoxy groups -OCH3 is 2. The summed E-state index contributed by atoms with van der Waals surface area (Å²) in [4.78, 5) is 89.4. The lowest BCUT2D eigenvalue weighted by Crippen LogP contribution is -2.75. The van der Waals surface area contributed by atoms with Gasteiger partial charge < -0.3 is 78.8 Å². The molecule has 3 fully saturated rings. The van der Waals surface area contributed by atoms with E-state index in [1.54, 1.807) is 24.3 Å². The number of carbonyl (C=O) groups is 7. The highest BCUT2D eigenvalue weighted by Gasteiger charge is 2.84. The van der Waals surface area contributed by atoms with Crippen molar-refractivity contribution in [1.82, 2.24) is 20.9 Å². The lowest BCUT2D eigenvalue weighted by Gasteiger charge is -2.53. The molecule has 1 aliphatic carbocycles. The maximum Gasteiger partial charge on any atom is 0.407 e. The van der Waals surface area contributed by atoms with E-state index in [4.69, 9.17) is 55.2 Å². The van der Waals surface area contributed by atoms with Crippen LogP contribution in [0.3, 0.4) is 0 Å². The van der Waals surface area contributed by atoms with Crippen molar-refractivity contribution in [2.75, 3.05) is 90.8 Å². The molecule has 3 aromatic carbocycles. The van der Waals surface area contributed by atoms with Gasteiger partial charge in [0.2, 0.25) is 35.3 Å². The molecule has 3 aromatic rings. The van der Waals surface area contributed by atoms with E-state index in [1.807, 2.05) is 13.0 Å². The Morgan fingerprint density at radius 1 is 0.899 bits per heavy atom. The number of hydrogen-bond acceptors (Lipinski definition) is 19. The molecule has 5 aliphatic rings. The number of hydrogen-bond donors (Lipinski definition) is 6. The Kier molecular flexibility index (Phi) is 18.9. The van der Waals surface area contributed by atoms with Crippen LogP contribution in [0.25, 0.3) is 10.8 Å². The highest BCUT2D eigenvalue weighted by Crippen LogP contribution is 2.66. The molecule has 2 bridgehead atoms. The van der Waals surface area contributed by atoms with Crippen molar-refractivity contribution in [2.45, 2.75) is 107 Å². The van der Waals surface area contributed by atoms with Crippen molar-refractivity contribution < 1.29 is 91.1 Å². The number of halogens is 1. The van der Waals surface area contributed by atoms with Crippen LogP contribution in [0, 0.1) is 6.92 Å². The van der Waals surface area contributed by atoms with Crippen molar-refractivity contribution >= 4 is 81.6 Å². The molecular weight excluding hydrogens is 1100 g/mol. The lowest BCUT2D eigenvalue weighted by molar-refractivity contribution is -0.343. The molecule has 4 aliphatic heterocycles. The van der Waals surface area contributed by atoms with Crippen molar-refractivity contribution in [2.24, 2.45) is 0 Å². The van der Waals surface area contributed by atoms with Crippen LogP contribution >= 0.6 is 15.9 Å². The van der Waals surface area contributed by atoms with Gasteiger partial charge in [-0.15, -0.1) is 0 Å². The zero-order valence-corrected chi connectivity index (χ0v) is 46.1. The van der Waals surface area contributed by atoms with Crippen LogP contribution in [0.2, 0.25) is 5.82 Å². The van der Waals surface area contributed by atoms with Gasteiger partial charge in [0, 0.05) is 59.7 Å². The van der Waals surface area contributed by atoms with E-state index in [0.29, 0.717) is 71.7 Å². The number of imide groups is 1. The van der Waals surface area contributed by atoms with E-state index < -0.39 is 83.6 Å². The molecular formula is C53H65BBrN5O19. The number of likely N-dealkylation sites (tertiary alicyclic amines) is 1. The Balaban J connectivity index is 0.727. The van der Waals surface area contributed by atoms with Crippen LogP contribution in [0.5, 0.6) is 17.2 Å². The van der Waals surface area contributed by atoms with Crippen LogP contribution in [0.15, 0.2) is 30.3 Å². The van der Waals surface area contributed by atoms with Gasteiger partial charge in [-0.25, -0.2) is 4.79 Å². The number of benzene rings is 3. The fourth-order valence-corrected chi connectivity index (χ4v) is 11.3. The fourth-order valence-electron chi connectivity index (χ4n) is 10.5. The maximum absolute atomic E-state index is 13.2. The summed E-state index contributed by atoms with van der Waals surface area (Å²) in [7, 11) is 8.43. The minimum absolute atomic E-state index is 0.0138. The van der Waals surface area contributed by atoms with E-state index in [1.165, 1.54) is 28.1 Å². The summed E-state index contributed by atoms with van der Waals surface area (Å²) in [6.07, 6.45) is -1.44. The Morgan fingerprint density at radius 3 is 2.19 bits per heavy atom. The summed E-state index contributed by atoms with van der Waals surface area (Å²) in [6.45, 7) is 6.33. The number of aliphatic hydroxyl groups is 1. The van der Waals surface area contributed by atoms with Crippen LogP contribution in [-0.2, 0) is 74.9 Å². The molecule has 8 rings (SSSR count). The van der Waals surface area contributed by atoms with Crippen LogP contribution in [-0.4, -0.2) is 185 Å². The molecule has 0 aromatic heterocycles. The number of aromatic hydroxyl groups is 1. The first-order valence-corrected chi connectivity index (χ1v) is 27.1. The second-order valence-corrected chi connectivity index (χ2v) is 20.3. The predicted octanol–water partition coefficient (Wildman–Crippen LogP) is 2.46. The molecule has 26 heteroatoms. The lowest BCUT2D eigenvalue weighted by atomic mass is 9.76. The summed E-state index contributed by atoms with van der Waals surface area (Å²) in [5, 5.41) is 35.4. The number of anilines is 1. The van der Waals surface area contributed by atoms with E-state index in [2.05, 4.69) is 37.2 Å². The molecule has 4 heterocycles. The van der Waals surface area contributed by atoms with Gasteiger partial charge in [-0.05, 0) is 62.9 Å². The van der Waals surface area contributed by atoms with Gasteiger partial charge in [-0.1, -0.05) is 28.1 Å². The molecule has 4 unspecified atom stereocenters. The van der Waals surface area contributed by atoms with E-state index in [-0.39, 0.29) is 105 Å². The summed E-state index contributed by atoms with van der Waals surface area (Å²) in [5.74, 6) is -6.79. The molecule has 0 spiro atoms. The van der Waals surface area contributed by atoms with E-state index in [0.717, 1.165) is 4.90 Å². The molecule has 426 valence electrons. The maximum atomic E-state index is 13.2. The normalized spacial score (nSPS) is 24.4. The number of phenolic OH excluding ortho intramolecular Hbond substituents is 1. The number of rotatable bonds is 27. The van der Waals surface area contributed by atoms with Gasteiger partial charge in [0.25, 0.3) is 5.79 Å². The monoisotopic (exact) mass is 1170 g/mol. The third kappa shape index (κ3) is 11.8.